The van der Waals surface area contributed by atoms with Gasteiger partial charge in [0.05, 0.1) is 12.1 Å². The average molecular weight is 258 g/mol. The number of ether oxygens (including phenoxy) is 1. The Kier molecular flexibility index (Phi) is 4.38. The summed E-state index contributed by atoms with van der Waals surface area (Å²) < 4.78 is 5.27. The van der Waals surface area contributed by atoms with Gasteiger partial charge in [0.15, 0.2) is 0 Å². The number of benzene rings is 1. The highest BCUT2D eigenvalue weighted by molar-refractivity contribution is 5.93. The molecule has 2 rings (SSSR count). The van der Waals surface area contributed by atoms with Crippen LogP contribution >= 0.6 is 0 Å². The van der Waals surface area contributed by atoms with Crippen molar-refractivity contribution in [2.24, 2.45) is 5.92 Å². The molecule has 0 aliphatic carbocycles. The molecule has 0 amide bonds. The molecule has 1 aromatic heterocycles. The average Bonchev–Trinajstić information content (AvgIpc) is 2.38. The van der Waals surface area contributed by atoms with Crippen molar-refractivity contribution >= 4 is 16.6 Å². The van der Waals surface area contributed by atoms with E-state index in [4.69, 9.17) is 9.72 Å². The maximum atomic E-state index is 5.27. The molecule has 0 fully saturated rings. The number of fused-ring (bicyclic) bond motifs is 1. The smallest absolute Gasteiger partial charge is 0.0781 e. The van der Waals surface area contributed by atoms with E-state index in [1.807, 2.05) is 7.05 Å². The van der Waals surface area contributed by atoms with Crippen molar-refractivity contribution in [2.75, 3.05) is 19.5 Å². The van der Waals surface area contributed by atoms with Crippen LogP contribution in [0.2, 0.25) is 0 Å². The van der Waals surface area contributed by atoms with E-state index < -0.39 is 0 Å². The minimum absolute atomic E-state index is 0.596. The van der Waals surface area contributed by atoms with Gasteiger partial charge in [0.1, 0.15) is 0 Å². The lowest BCUT2D eigenvalue weighted by Gasteiger charge is -2.13. The fraction of sp³-hybridized carbons (Fsp3) is 0.438. The second-order valence-electron chi connectivity index (χ2n) is 5.26. The van der Waals surface area contributed by atoms with E-state index in [1.54, 1.807) is 7.11 Å². The lowest BCUT2D eigenvalue weighted by atomic mass is 10.0. The van der Waals surface area contributed by atoms with E-state index >= 15 is 0 Å². The third kappa shape index (κ3) is 3.04. The van der Waals surface area contributed by atoms with Gasteiger partial charge in [0.25, 0.3) is 0 Å². The predicted molar refractivity (Wildman–Crippen MR) is 80.5 cm³/mol. The van der Waals surface area contributed by atoms with Crippen molar-refractivity contribution in [3.05, 3.63) is 35.5 Å². The highest BCUT2D eigenvalue weighted by Gasteiger charge is 2.09. The third-order valence-electron chi connectivity index (χ3n) is 3.16. The molecule has 1 aromatic carbocycles. The standard InChI is InChI=1S/C16H22N2O/c1-11(2)8-13-9-15(17-3)14-7-5-6-12(10-19-4)16(14)18-13/h5-7,9,11H,8,10H2,1-4H3,(H,17,18). The van der Waals surface area contributed by atoms with Crippen molar-refractivity contribution in [1.29, 1.82) is 0 Å². The molecule has 1 N–H and O–H groups in total. The molecule has 1 heterocycles. The Hall–Kier alpha value is -1.61. The molecule has 0 bridgehead atoms. The molecule has 102 valence electrons. The quantitative estimate of drug-likeness (QED) is 0.889. The van der Waals surface area contributed by atoms with E-state index in [0.29, 0.717) is 12.5 Å². The Labute approximate surface area is 115 Å². The van der Waals surface area contributed by atoms with Gasteiger partial charge in [0.2, 0.25) is 0 Å². The number of nitrogens with one attached hydrogen (secondary N) is 1. The first kappa shape index (κ1) is 13.8. The van der Waals surface area contributed by atoms with Gasteiger partial charge in [-0.3, -0.25) is 4.98 Å². The number of rotatable bonds is 5. The van der Waals surface area contributed by atoms with Gasteiger partial charge in [-0.2, -0.15) is 0 Å². The zero-order valence-corrected chi connectivity index (χ0v) is 12.2. The number of hydrogen-bond donors (Lipinski definition) is 1. The van der Waals surface area contributed by atoms with Crippen LogP contribution in [-0.2, 0) is 17.8 Å². The zero-order chi connectivity index (χ0) is 13.8. The molecule has 19 heavy (non-hydrogen) atoms. The Morgan fingerprint density at radius 3 is 2.74 bits per heavy atom. The Morgan fingerprint density at radius 2 is 2.11 bits per heavy atom. The molecule has 0 saturated carbocycles. The highest BCUT2D eigenvalue weighted by atomic mass is 16.5. The summed E-state index contributed by atoms with van der Waals surface area (Å²) in [4.78, 5) is 4.82. The van der Waals surface area contributed by atoms with Crippen LogP contribution in [0.3, 0.4) is 0 Å². The monoisotopic (exact) mass is 258 g/mol. The van der Waals surface area contributed by atoms with Crippen molar-refractivity contribution in [1.82, 2.24) is 4.98 Å². The molecule has 0 aliphatic rings. The van der Waals surface area contributed by atoms with Crippen molar-refractivity contribution < 1.29 is 4.74 Å². The normalized spacial score (nSPS) is 11.2. The topological polar surface area (TPSA) is 34.2 Å². The van der Waals surface area contributed by atoms with Crippen molar-refractivity contribution in [2.45, 2.75) is 26.9 Å². The fourth-order valence-electron chi connectivity index (χ4n) is 2.36. The Morgan fingerprint density at radius 1 is 1.32 bits per heavy atom. The van der Waals surface area contributed by atoms with Crippen LogP contribution in [0.1, 0.15) is 25.1 Å². The maximum Gasteiger partial charge on any atom is 0.0781 e. The van der Waals surface area contributed by atoms with Crippen molar-refractivity contribution in [3.63, 3.8) is 0 Å². The lowest BCUT2D eigenvalue weighted by Crippen LogP contribution is -2.02. The van der Waals surface area contributed by atoms with Crippen LogP contribution in [0.5, 0.6) is 0 Å². The lowest BCUT2D eigenvalue weighted by molar-refractivity contribution is 0.186. The van der Waals surface area contributed by atoms with E-state index in [9.17, 15) is 0 Å². The van der Waals surface area contributed by atoms with Gasteiger partial charge in [-0.05, 0) is 18.4 Å². The van der Waals surface area contributed by atoms with Gasteiger partial charge in [-0.25, -0.2) is 0 Å². The first-order valence-electron chi connectivity index (χ1n) is 6.74. The molecule has 0 radical (unpaired) electrons. The number of para-hydroxylation sites is 1. The summed E-state index contributed by atoms with van der Waals surface area (Å²) >= 11 is 0. The van der Waals surface area contributed by atoms with Crippen LogP contribution in [0, 0.1) is 5.92 Å². The number of aromatic nitrogens is 1. The van der Waals surface area contributed by atoms with Crippen LogP contribution in [0.25, 0.3) is 10.9 Å². The molecule has 3 nitrogen and oxygen atoms in total. The molecule has 0 unspecified atom stereocenters. The summed E-state index contributed by atoms with van der Waals surface area (Å²) in [7, 11) is 3.67. The van der Waals surface area contributed by atoms with Crippen LogP contribution in [0.15, 0.2) is 24.3 Å². The summed E-state index contributed by atoms with van der Waals surface area (Å²) in [6.45, 7) is 5.02. The van der Waals surface area contributed by atoms with E-state index in [2.05, 4.69) is 43.4 Å². The summed E-state index contributed by atoms with van der Waals surface area (Å²) in [6, 6.07) is 8.39. The number of hydrogen-bond acceptors (Lipinski definition) is 3. The summed E-state index contributed by atoms with van der Waals surface area (Å²) in [6.07, 6.45) is 0.992. The molecule has 0 atom stereocenters. The van der Waals surface area contributed by atoms with Gasteiger partial charge in [-0.1, -0.05) is 32.0 Å². The molecule has 0 aliphatic heterocycles. The third-order valence-corrected chi connectivity index (χ3v) is 3.16. The van der Waals surface area contributed by atoms with Crippen LogP contribution in [-0.4, -0.2) is 19.1 Å². The molecule has 0 saturated heterocycles. The summed E-state index contributed by atoms with van der Waals surface area (Å²) in [5, 5.41) is 4.43. The molecular formula is C16H22N2O. The minimum atomic E-state index is 0.596. The predicted octanol–water partition coefficient (Wildman–Crippen LogP) is 3.62. The molecular weight excluding hydrogens is 236 g/mol. The number of methoxy groups -OCH3 is 1. The first-order valence-corrected chi connectivity index (χ1v) is 6.74. The second kappa shape index (κ2) is 6.02. The minimum Gasteiger partial charge on any atom is -0.388 e. The molecule has 3 heteroatoms. The van der Waals surface area contributed by atoms with Crippen LogP contribution < -0.4 is 5.32 Å². The SMILES string of the molecule is CNc1cc(CC(C)C)nc2c(COC)cccc12. The summed E-state index contributed by atoms with van der Waals surface area (Å²) in [5.41, 5.74) is 4.46. The highest BCUT2D eigenvalue weighted by Crippen LogP contribution is 2.26. The van der Waals surface area contributed by atoms with Crippen molar-refractivity contribution in [3.8, 4) is 0 Å². The van der Waals surface area contributed by atoms with E-state index in [0.717, 1.165) is 34.3 Å². The molecule has 0 spiro atoms. The summed E-state index contributed by atoms with van der Waals surface area (Å²) in [5.74, 6) is 0.601. The van der Waals surface area contributed by atoms with Crippen LogP contribution in [0.4, 0.5) is 5.69 Å². The number of nitrogens with zero attached hydrogens (tertiary/aromatic N) is 1. The first-order chi connectivity index (χ1) is 9.15. The Balaban J connectivity index is 2.60. The van der Waals surface area contributed by atoms with Gasteiger partial charge in [-0.15, -0.1) is 0 Å². The zero-order valence-electron chi connectivity index (χ0n) is 12.2. The number of anilines is 1. The largest absolute Gasteiger partial charge is 0.388 e. The second-order valence-corrected chi connectivity index (χ2v) is 5.26. The van der Waals surface area contributed by atoms with E-state index in [1.165, 1.54) is 0 Å². The van der Waals surface area contributed by atoms with Gasteiger partial charge >= 0.3 is 0 Å². The van der Waals surface area contributed by atoms with Gasteiger partial charge < -0.3 is 10.1 Å². The maximum absolute atomic E-state index is 5.27. The van der Waals surface area contributed by atoms with Gasteiger partial charge in [0, 0.05) is 36.5 Å². The Bertz CT molecular complexity index is 564. The fourth-order valence-corrected chi connectivity index (χ4v) is 2.36. The molecule has 2 aromatic rings. The van der Waals surface area contributed by atoms with E-state index in [-0.39, 0.29) is 0 Å². The number of pyridine rings is 1.